The Hall–Kier alpha value is -11.1. The molecule has 14 nitrogen and oxygen atoms in total. The lowest BCUT2D eigenvalue weighted by Gasteiger charge is -2.09. The second-order valence-corrected chi connectivity index (χ2v) is 10.4. The minimum atomic E-state index is -2.22. The summed E-state index contributed by atoms with van der Waals surface area (Å²) in [6, 6.07) is 16.5. The predicted octanol–water partition coefficient (Wildman–Crippen LogP) is 4.52. The molecule has 1 fully saturated rings. The Morgan fingerprint density at radius 2 is 0.661 bits per heavy atom. The summed E-state index contributed by atoms with van der Waals surface area (Å²) in [7, 11) is 0. The van der Waals surface area contributed by atoms with Gasteiger partial charge in [0.15, 0.2) is 23.3 Å². The summed E-state index contributed by atoms with van der Waals surface area (Å²) in [6.07, 6.45) is 0. The van der Waals surface area contributed by atoms with Crippen LogP contribution < -0.4 is 20.9 Å². The number of hydrogen-bond donors (Lipinski definition) is 0. The van der Waals surface area contributed by atoms with E-state index in [0.29, 0.717) is 12.1 Å². The zero-order chi connectivity index (χ0) is 47.2. The SMILES string of the molecule is N#CC(C#N)=c1cc(F)c(=C(C#N)C#N)cc1F.[C-]#[N+]/C(C#N)=C1/C(=C(C#N)C#N)/C1=C(\C#N)[N+]#[C-].[C-]#[N+]/C(C#N)=c1\c(F)c(F)c2c(F)c(=C(C#N)C#N)c(F)c(F)c2c1F. The van der Waals surface area contributed by atoms with Crippen LogP contribution in [-0.2, 0) is 0 Å². The van der Waals surface area contributed by atoms with Gasteiger partial charge >= 0.3 is 0 Å². The van der Waals surface area contributed by atoms with E-state index < -0.39 is 101 Å². The van der Waals surface area contributed by atoms with Crippen molar-refractivity contribution in [2.24, 2.45) is 0 Å². The molecule has 0 aliphatic heterocycles. The molecule has 0 N–H and O–H groups in total. The summed E-state index contributed by atoms with van der Waals surface area (Å²) in [6.45, 7) is 20.2. The Labute approximate surface area is 340 Å². The topological polar surface area (TPSA) is 275 Å². The molecule has 0 spiro atoms. The highest BCUT2D eigenvalue weighted by molar-refractivity contribution is 5.89. The van der Waals surface area contributed by atoms with Crippen molar-refractivity contribution in [3.8, 4) is 66.8 Å². The molecule has 1 aliphatic rings. The summed E-state index contributed by atoms with van der Waals surface area (Å²) in [5.74, 6) is -15.1. The first kappa shape index (κ1) is 47.1. The van der Waals surface area contributed by atoms with Gasteiger partial charge < -0.3 is 0 Å². The first-order chi connectivity index (χ1) is 29.5. The van der Waals surface area contributed by atoms with Crippen molar-refractivity contribution in [1.82, 2.24) is 0 Å². The maximum Gasteiger partial charge on any atom is 0.274 e. The first-order valence-electron chi connectivity index (χ1n) is 15.0. The van der Waals surface area contributed by atoms with Gasteiger partial charge in [-0.2, -0.15) is 42.1 Å². The monoisotopic (exact) mass is 830 g/mol. The Morgan fingerprint density at radius 3 is 0.952 bits per heavy atom. The van der Waals surface area contributed by atoms with E-state index in [1.165, 1.54) is 24.3 Å². The van der Waals surface area contributed by atoms with Crippen molar-refractivity contribution in [3.05, 3.63) is 147 Å². The van der Waals surface area contributed by atoms with Gasteiger partial charge in [-0.15, -0.1) is 0 Å². The van der Waals surface area contributed by atoms with Crippen molar-refractivity contribution in [3.63, 3.8) is 0 Å². The van der Waals surface area contributed by atoms with Crippen LogP contribution in [0, 0.1) is 191 Å². The largest absolute Gasteiger partial charge is 0.274 e. The molecular formula is C40H2F8N14. The number of nitrogens with zero attached hydrogens (tertiary/aromatic N) is 14. The van der Waals surface area contributed by atoms with E-state index in [1.807, 2.05) is 0 Å². The summed E-state index contributed by atoms with van der Waals surface area (Å²) in [4.78, 5) is 8.33. The molecular weight excluding hydrogens is 829 g/mol. The van der Waals surface area contributed by atoms with Crippen LogP contribution in [0.2, 0.25) is 0 Å². The molecule has 288 valence electrons. The van der Waals surface area contributed by atoms with Crippen LogP contribution in [0.4, 0.5) is 35.1 Å². The fourth-order valence-corrected chi connectivity index (χ4v) is 4.76. The molecule has 0 atom stereocenters. The Morgan fingerprint density at radius 1 is 0.355 bits per heavy atom. The molecule has 0 heterocycles. The van der Waals surface area contributed by atoms with Gasteiger partial charge in [0.25, 0.3) is 17.1 Å². The second kappa shape index (κ2) is 20.2. The predicted molar refractivity (Wildman–Crippen MR) is 185 cm³/mol. The molecule has 0 aromatic heterocycles. The van der Waals surface area contributed by atoms with E-state index in [0.717, 1.165) is 18.2 Å². The maximum absolute atomic E-state index is 14.4. The highest BCUT2D eigenvalue weighted by Crippen LogP contribution is 2.51. The van der Waals surface area contributed by atoms with Crippen LogP contribution in [0.15, 0.2) is 45.8 Å². The quantitative estimate of drug-likeness (QED) is 0.131. The van der Waals surface area contributed by atoms with E-state index in [1.54, 1.807) is 24.3 Å². The van der Waals surface area contributed by atoms with Gasteiger partial charge in [-0.3, -0.25) is 0 Å². The van der Waals surface area contributed by atoms with Gasteiger partial charge in [-0.05, 0) is 28.9 Å². The van der Waals surface area contributed by atoms with Gasteiger partial charge in [0, 0.05) is 10.4 Å². The normalized spacial score (nSPS) is 11.9. The summed E-state index contributed by atoms with van der Waals surface area (Å²) in [5, 5.41) is 87.6. The number of rotatable bonds is 0. The fourth-order valence-electron chi connectivity index (χ4n) is 4.76. The lowest BCUT2D eigenvalue weighted by Crippen LogP contribution is -2.25. The van der Waals surface area contributed by atoms with E-state index in [9.17, 15) is 35.1 Å². The smallest absolute Gasteiger partial charge is 0.226 e. The van der Waals surface area contributed by atoms with Crippen LogP contribution in [-0.4, -0.2) is 0 Å². The summed E-state index contributed by atoms with van der Waals surface area (Å²) in [5.41, 5.74) is -4.60. The van der Waals surface area contributed by atoms with Crippen molar-refractivity contribution in [2.75, 3.05) is 0 Å². The number of hydrogen-bond acceptors (Lipinski definition) is 11. The number of benzene rings is 3. The maximum atomic E-state index is 14.4. The Balaban J connectivity index is 0.000000329. The number of halogens is 8. The molecule has 3 aromatic rings. The molecule has 3 aromatic carbocycles. The van der Waals surface area contributed by atoms with Gasteiger partial charge in [-0.25, -0.2) is 65.4 Å². The molecule has 0 radical (unpaired) electrons. The first-order valence-corrected chi connectivity index (χ1v) is 15.0. The summed E-state index contributed by atoms with van der Waals surface area (Å²) < 4.78 is 113. The standard InChI is InChI=1S/C16F6N4.C12H2F2N4.C12N6/c1-26-6(4-25)8-12(18)10-9(16(22)14(8)20)11(17)7(5(2-23)3-24)13(19)15(10)21;13-11-1-9(7(3-15)4-16)12(14)2-10(11)8(5-17)6-18;1-17-8(5-15)11-10(7(3-13)4-14)12(11)9(6-16)18-2/h;1-2H;/b8-6-;;11-8-,12-9-. The third kappa shape index (κ3) is 8.51. The van der Waals surface area contributed by atoms with Crippen molar-refractivity contribution in [2.45, 2.75) is 0 Å². The molecule has 62 heavy (non-hydrogen) atoms. The van der Waals surface area contributed by atoms with Crippen LogP contribution in [0.3, 0.4) is 0 Å². The van der Waals surface area contributed by atoms with Crippen molar-refractivity contribution >= 4 is 33.2 Å². The van der Waals surface area contributed by atoms with Gasteiger partial charge in [0.05, 0.1) is 59.1 Å². The molecule has 22 heteroatoms. The van der Waals surface area contributed by atoms with E-state index in [2.05, 4.69) is 14.5 Å². The van der Waals surface area contributed by atoms with Crippen LogP contribution in [0.1, 0.15) is 0 Å². The minimum absolute atomic E-state index is 0.0538. The van der Waals surface area contributed by atoms with E-state index in [4.69, 9.17) is 77.6 Å². The second-order valence-electron chi connectivity index (χ2n) is 10.4. The van der Waals surface area contributed by atoms with E-state index >= 15 is 0 Å². The van der Waals surface area contributed by atoms with Gasteiger partial charge in [-0.1, -0.05) is 0 Å². The summed E-state index contributed by atoms with van der Waals surface area (Å²) >= 11 is 0. The average molecular weight is 831 g/mol. The molecule has 0 bridgehead atoms. The number of allylic oxidation sites excluding steroid dienone is 6. The highest BCUT2D eigenvalue weighted by Gasteiger charge is 2.40. The average Bonchev–Trinajstić information content (AvgIpc) is 3.99. The molecule has 0 saturated heterocycles. The number of fused-ring (bicyclic) bond motifs is 1. The lowest BCUT2D eigenvalue weighted by atomic mass is 10.0. The fraction of sp³-hybridized carbons (Fsp3) is 0. The van der Waals surface area contributed by atoms with Crippen LogP contribution in [0.25, 0.3) is 47.7 Å². The lowest BCUT2D eigenvalue weighted by molar-refractivity contribution is 0.471. The molecule has 4 rings (SSSR count). The van der Waals surface area contributed by atoms with Crippen LogP contribution >= 0.6 is 0 Å². The molecule has 0 amide bonds. The minimum Gasteiger partial charge on any atom is -0.226 e. The zero-order valence-corrected chi connectivity index (χ0v) is 29.4. The van der Waals surface area contributed by atoms with Crippen LogP contribution in [0.5, 0.6) is 0 Å². The Bertz CT molecular complexity index is 3210. The van der Waals surface area contributed by atoms with Crippen molar-refractivity contribution in [1.29, 1.82) is 57.9 Å². The van der Waals surface area contributed by atoms with Gasteiger partial charge in [0.2, 0.25) is 0 Å². The Kier molecular flexibility index (Phi) is 15.3. The molecule has 1 aliphatic carbocycles. The molecule has 0 unspecified atom stereocenters. The van der Waals surface area contributed by atoms with E-state index in [-0.39, 0.29) is 33.7 Å². The number of nitriles is 11. The van der Waals surface area contributed by atoms with Gasteiger partial charge in [0.1, 0.15) is 94.1 Å². The highest BCUT2D eigenvalue weighted by atomic mass is 19.2. The zero-order valence-electron chi connectivity index (χ0n) is 29.4. The van der Waals surface area contributed by atoms with Crippen molar-refractivity contribution < 1.29 is 35.1 Å². The third-order valence-electron chi connectivity index (χ3n) is 7.43. The third-order valence-corrected chi connectivity index (χ3v) is 7.43. The molecule has 1 saturated carbocycles.